The molecule has 33 heavy (non-hydrogen) atoms. The predicted molar refractivity (Wildman–Crippen MR) is 129 cm³/mol. The van der Waals surface area contributed by atoms with Crippen molar-refractivity contribution in [2.24, 2.45) is 5.92 Å². The van der Waals surface area contributed by atoms with E-state index in [0.29, 0.717) is 23.1 Å². The zero-order chi connectivity index (χ0) is 23.8. The van der Waals surface area contributed by atoms with Crippen LogP contribution in [0.5, 0.6) is 11.5 Å². The van der Waals surface area contributed by atoms with E-state index in [-0.39, 0.29) is 22.2 Å². The Kier molecular flexibility index (Phi) is 8.54. The molecule has 0 aliphatic carbocycles. The number of benzene rings is 1. The highest BCUT2D eigenvalue weighted by molar-refractivity contribution is 7.84. The van der Waals surface area contributed by atoms with Gasteiger partial charge in [-0.1, -0.05) is 19.9 Å². The van der Waals surface area contributed by atoms with Gasteiger partial charge in [-0.15, -0.1) is 0 Å². The molecule has 1 unspecified atom stereocenters. The fourth-order valence-corrected chi connectivity index (χ4v) is 4.50. The molecule has 1 atom stereocenters. The summed E-state index contributed by atoms with van der Waals surface area (Å²) in [6, 6.07) is 12.3. The Morgan fingerprint density at radius 3 is 2.48 bits per heavy atom. The lowest BCUT2D eigenvalue weighted by atomic mass is 10.1. The average molecular weight is 468 g/mol. The van der Waals surface area contributed by atoms with Crippen molar-refractivity contribution in [1.82, 2.24) is 9.97 Å². The average Bonchev–Trinajstić information content (AvgIpc) is 2.83. The third-order valence-electron chi connectivity index (χ3n) is 5.08. The second-order valence-corrected chi connectivity index (χ2v) is 9.31. The van der Waals surface area contributed by atoms with Crippen molar-refractivity contribution >= 4 is 22.4 Å². The molecule has 2 heterocycles. The predicted octanol–water partition coefficient (Wildman–Crippen LogP) is 4.64. The normalized spacial score (nSPS) is 11.8. The molecule has 1 N–H and O–H groups in total. The van der Waals surface area contributed by atoms with Gasteiger partial charge >= 0.3 is 0 Å². The molecule has 7 nitrogen and oxygen atoms in total. The molecule has 0 spiro atoms. The first-order valence-corrected chi connectivity index (χ1v) is 12.0. The van der Waals surface area contributed by atoms with E-state index in [0.717, 1.165) is 24.1 Å². The van der Waals surface area contributed by atoms with E-state index in [1.807, 2.05) is 12.1 Å². The second-order valence-electron chi connectivity index (χ2n) is 7.95. The first-order valence-electron chi connectivity index (χ1n) is 10.7. The number of hydrogen-bond acceptors (Lipinski definition) is 6. The number of hydrogen-bond donors (Lipinski definition) is 1. The number of nitrogens with one attached hydrogen (secondary N) is 1. The Labute approximate surface area is 197 Å². The van der Waals surface area contributed by atoms with Gasteiger partial charge in [0.15, 0.2) is 0 Å². The summed E-state index contributed by atoms with van der Waals surface area (Å²) >= 11 is 0. The van der Waals surface area contributed by atoms with Crippen LogP contribution in [0.2, 0.25) is 0 Å². The molecule has 3 rings (SSSR count). The van der Waals surface area contributed by atoms with Gasteiger partial charge in [-0.25, -0.2) is 4.98 Å². The van der Waals surface area contributed by atoms with Crippen LogP contribution in [0, 0.1) is 5.92 Å². The van der Waals surface area contributed by atoms with Gasteiger partial charge in [0, 0.05) is 35.4 Å². The van der Waals surface area contributed by atoms with Crippen LogP contribution >= 0.6 is 0 Å². The molecule has 3 aromatic rings. The fourth-order valence-electron chi connectivity index (χ4n) is 3.22. The first kappa shape index (κ1) is 24.4. The van der Waals surface area contributed by atoms with E-state index in [2.05, 4.69) is 29.1 Å². The summed E-state index contributed by atoms with van der Waals surface area (Å²) in [4.78, 5) is 21.6. The number of pyridine rings is 2. The monoisotopic (exact) mass is 467 g/mol. The number of amides is 1. The van der Waals surface area contributed by atoms with Gasteiger partial charge in [-0.2, -0.15) is 0 Å². The summed E-state index contributed by atoms with van der Waals surface area (Å²) in [5.74, 6) is 1.52. The van der Waals surface area contributed by atoms with Crippen LogP contribution in [0.15, 0.2) is 59.9 Å². The molecule has 0 fully saturated rings. The third kappa shape index (κ3) is 6.61. The minimum absolute atomic E-state index is 0.156. The first-order chi connectivity index (χ1) is 15.9. The zero-order valence-electron chi connectivity index (χ0n) is 19.3. The maximum absolute atomic E-state index is 13.5. The van der Waals surface area contributed by atoms with Crippen LogP contribution in [-0.2, 0) is 23.0 Å². The lowest BCUT2D eigenvalue weighted by Gasteiger charge is -2.14. The fraction of sp³-hybridized carbons (Fsp3) is 0.320. The Morgan fingerprint density at radius 1 is 1.06 bits per heavy atom. The molecule has 1 aromatic carbocycles. The number of methoxy groups -OCH3 is 2. The van der Waals surface area contributed by atoms with Crippen LogP contribution in [-0.4, -0.2) is 34.3 Å². The smallest absolute Gasteiger partial charge is 0.258 e. The van der Waals surface area contributed by atoms with Gasteiger partial charge in [0.05, 0.1) is 36.3 Å². The Bertz CT molecular complexity index is 1120. The maximum Gasteiger partial charge on any atom is 0.258 e. The summed E-state index contributed by atoms with van der Waals surface area (Å²) in [5, 5.41) is 3.09. The molecule has 0 aliphatic rings. The van der Waals surface area contributed by atoms with Gasteiger partial charge < -0.3 is 14.8 Å². The van der Waals surface area contributed by atoms with E-state index in [4.69, 9.17) is 9.47 Å². The third-order valence-corrected chi connectivity index (χ3v) is 6.39. The molecule has 0 saturated carbocycles. The molecule has 0 aliphatic heterocycles. The van der Waals surface area contributed by atoms with Crippen molar-refractivity contribution in [2.75, 3.05) is 19.5 Å². The summed E-state index contributed by atoms with van der Waals surface area (Å²) in [7, 11) is 1.56. The van der Waals surface area contributed by atoms with Gasteiger partial charge in [0.1, 0.15) is 16.5 Å². The summed E-state index contributed by atoms with van der Waals surface area (Å²) in [6.45, 7) is 4.29. The van der Waals surface area contributed by atoms with Crippen molar-refractivity contribution in [3.05, 3.63) is 71.7 Å². The molecule has 0 bridgehead atoms. The van der Waals surface area contributed by atoms with E-state index < -0.39 is 10.8 Å². The number of rotatable bonds is 10. The SMILES string of the molecule is COc1ccc(CS(=O)c2nc(CCC(C)C)ccc2C(=O)Nc2ccncc2)c(OC)c1. The summed E-state index contributed by atoms with van der Waals surface area (Å²) < 4.78 is 24.2. The van der Waals surface area contributed by atoms with E-state index >= 15 is 0 Å². The highest BCUT2D eigenvalue weighted by Crippen LogP contribution is 2.27. The summed E-state index contributed by atoms with van der Waals surface area (Å²) in [5.41, 5.74) is 2.44. The second kappa shape index (κ2) is 11.6. The van der Waals surface area contributed by atoms with E-state index in [9.17, 15) is 9.00 Å². The molecule has 0 saturated heterocycles. The number of anilines is 1. The van der Waals surface area contributed by atoms with Crippen LogP contribution in [0.4, 0.5) is 5.69 Å². The van der Waals surface area contributed by atoms with Crippen molar-refractivity contribution in [1.29, 1.82) is 0 Å². The van der Waals surface area contributed by atoms with Crippen LogP contribution in [0.25, 0.3) is 0 Å². The van der Waals surface area contributed by atoms with Crippen LogP contribution in [0.3, 0.4) is 0 Å². The van der Waals surface area contributed by atoms with Gasteiger partial charge in [-0.05, 0) is 49.1 Å². The van der Waals surface area contributed by atoms with Gasteiger partial charge in [0.25, 0.3) is 5.91 Å². The number of aryl methyl sites for hydroxylation is 1. The molecular weight excluding hydrogens is 438 g/mol. The Balaban J connectivity index is 1.93. The lowest BCUT2D eigenvalue weighted by molar-refractivity contribution is 0.102. The minimum atomic E-state index is -1.57. The molecule has 8 heteroatoms. The molecule has 174 valence electrons. The largest absolute Gasteiger partial charge is 0.497 e. The van der Waals surface area contributed by atoms with Crippen molar-refractivity contribution in [3.8, 4) is 11.5 Å². The number of carbonyl (C=O) groups is 1. The number of carbonyl (C=O) groups excluding carboxylic acids is 1. The summed E-state index contributed by atoms with van der Waals surface area (Å²) in [6.07, 6.45) is 4.89. The standard InChI is InChI=1S/C25H29N3O4S/c1-17(2)5-7-19-8-10-22(24(29)27-20-11-13-26-14-12-20)25(28-19)33(30)16-18-6-9-21(31-3)15-23(18)32-4/h6,8-15,17H,5,7,16H2,1-4H3,(H,26,27,29). The Morgan fingerprint density at radius 2 is 1.82 bits per heavy atom. The minimum Gasteiger partial charge on any atom is -0.497 e. The van der Waals surface area contributed by atoms with Gasteiger partial charge in [-0.3, -0.25) is 14.0 Å². The maximum atomic E-state index is 13.5. The van der Waals surface area contributed by atoms with E-state index in [1.165, 1.54) is 0 Å². The Hall–Kier alpha value is -3.26. The topological polar surface area (TPSA) is 90.4 Å². The van der Waals surface area contributed by atoms with Gasteiger partial charge in [0.2, 0.25) is 0 Å². The zero-order valence-corrected chi connectivity index (χ0v) is 20.1. The number of aromatic nitrogens is 2. The molecule has 0 radical (unpaired) electrons. The molecule has 1 amide bonds. The lowest BCUT2D eigenvalue weighted by Crippen LogP contribution is -2.17. The van der Waals surface area contributed by atoms with Crippen LogP contribution in [0.1, 0.15) is 41.9 Å². The quantitative estimate of drug-likeness (QED) is 0.467. The van der Waals surface area contributed by atoms with Crippen LogP contribution < -0.4 is 14.8 Å². The number of ether oxygens (including phenoxy) is 2. The van der Waals surface area contributed by atoms with E-state index in [1.54, 1.807) is 56.9 Å². The number of nitrogens with zero attached hydrogens (tertiary/aromatic N) is 2. The van der Waals surface area contributed by atoms with Crippen molar-refractivity contribution in [2.45, 2.75) is 37.5 Å². The molecular formula is C25H29N3O4S. The highest BCUT2D eigenvalue weighted by atomic mass is 32.2. The van der Waals surface area contributed by atoms with Crippen molar-refractivity contribution in [3.63, 3.8) is 0 Å². The molecule has 2 aromatic heterocycles. The van der Waals surface area contributed by atoms with Crippen molar-refractivity contribution < 1.29 is 18.5 Å². The highest BCUT2D eigenvalue weighted by Gasteiger charge is 2.21.